The highest BCUT2D eigenvalue weighted by Crippen LogP contribution is 2.18. The Kier molecular flexibility index (Phi) is 2.49. The number of nitrogens with zero attached hydrogens (tertiary/aromatic N) is 1. The number of rotatable bonds is 3. The quantitative estimate of drug-likeness (QED) is 0.439. The van der Waals surface area contributed by atoms with Gasteiger partial charge in [0.2, 0.25) is 0 Å². The van der Waals surface area contributed by atoms with Crippen LogP contribution >= 0.6 is 0 Å². The van der Waals surface area contributed by atoms with Crippen molar-refractivity contribution in [2.24, 2.45) is 0 Å². The third kappa shape index (κ3) is 2.48. The first-order valence-corrected chi connectivity index (χ1v) is 3.40. The molecular formula is C8H7NO4. The number of hydrogen-bond donors (Lipinski definition) is 1. The fraction of sp³-hybridized carbons (Fsp3) is 0. The minimum atomic E-state index is -0.516. The van der Waals surface area contributed by atoms with Gasteiger partial charge in [0.1, 0.15) is 5.75 Å². The summed E-state index contributed by atoms with van der Waals surface area (Å²) >= 11 is 0. The topological polar surface area (TPSA) is 72.6 Å². The highest BCUT2D eigenvalue weighted by molar-refractivity contribution is 5.36. The lowest BCUT2D eigenvalue weighted by molar-refractivity contribution is -0.384. The molecule has 0 radical (unpaired) electrons. The van der Waals surface area contributed by atoms with Crippen molar-refractivity contribution >= 4 is 5.69 Å². The monoisotopic (exact) mass is 181 g/mol. The van der Waals surface area contributed by atoms with E-state index in [1.807, 2.05) is 0 Å². The molecule has 1 aromatic rings. The van der Waals surface area contributed by atoms with Crippen LogP contribution in [0, 0.1) is 10.1 Å². The highest BCUT2D eigenvalue weighted by Gasteiger charge is 2.04. The first-order valence-electron chi connectivity index (χ1n) is 3.40. The third-order valence-corrected chi connectivity index (χ3v) is 1.28. The van der Waals surface area contributed by atoms with E-state index in [-0.39, 0.29) is 5.69 Å². The van der Waals surface area contributed by atoms with Gasteiger partial charge in [-0.3, -0.25) is 10.1 Å². The van der Waals surface area contributed by atoms with Crippen LogP contribution in [0.2, 0.25) is 0 Å². The number of ether oxygens (including phenoxy) is 1. The lowest BCUT2D eigenvalue weighted by Gasteiger charge is -2.00. The molecule has 68 valence electrons. The van der Waals surface area contributed by atoms with Crippen molar-refractivity contribution in [3.8, 4) is 5.75 Å². The first kappa shape index (κ1) is 9.05. The van der Waals surface area contributed by atoms with Gasteiger partial charge in [-0.05, 0) is 18.7 Å². The lowest BCUT2D eigenvalue weighted by Crippen LogP contribution is -1.92. The Morgan fingerprint density at radius 2 is 2.00 bits per heavy atom. The van der Waals surface area contributed by atoms with Crippen LogP contribution in [0.4, 0.5) is 5.69 Å². The van der Waals surface area contributed by atoms with Crippen molar-refractivity contribution in [2.45, 2.75) is 0 Å². The van der Waals surface area contributed by atoms with E-state index in [0.29, 0.717) is 5.75 Å². The second-order valence-corrected chi connectivity index (χ2v) is 2.25. The normalized spacial score (nSPS) is 9.23. The van der Waals surface area contributed by atoms with Gasteiger partial charge in [0.25, 0.3) is 11.6 Å². The molecule has 13 heavy (non-hydrogen) atoms. The van der Waals surface area contributed by atoms with E-state index in [2.05, 4.69) is 11.3 Å². The fourth-order valence-corrected chi connectivity index (χ4v) is 0.772. The Morgan fingerprint density at radius 1 is 1.46 bits per heavy atom. The second kappa shape index (κ2) is 3.57. The summed E-state index contributed by atoms with van der Waals surface area (Å²) in [4.78, 5) is 9.72. The van der Waals surface area contributed by atoms with E-state index in [9.17, 15) is 10.1 Å². The number of benzene rings is 1. The first-order chi connectivity index (χ1) is 6.09. The van der Waals surface area contributed by atoms with E-state index >= 15 is 0 Å². The summed E-state index contributed by atoms with van der Waals surface area (Å²) in [5, 5.41) is 18.9. The second-order valence-electron chi connectivity index (χ2n) is 2.25. The van der Waals surface area contributed by atoms with Crippen molar-refractivity contribution in [1.82, 2.24) is 0 Å². The Balaban J connectivity index is 2.81. The summed E-state index contributed by atoms with van der Waals surface area (Å²) in [6.45, 7) is 3.11. The van der Waals surface area contributed by atoms with Crippen LogP contribution in [0.5, 0.6) is 5.75 Å². The van der Waals surface area contributed by atoms with E-state index < -0.39 is 10.9 Å². The predicted molar refractivity (Wildman–Crippen MR) is 45.5 cm³/mol. The maximum atomic E-state index is 10.2. The SMILES string of the molecule is C=C(O)Oc1ccc([N+](=O)[O-])cc1. The van der Waals surface area contributed by atoms with Gasteiger partial charge in [0.05, 0.1) is 4.92 Å². The summed E-state index contributed by atoms with van der Waals surface area (Å²) < 4.78 is 4.69. The lowest BCUT2D eigenvalue weighted by atomic mass is 10.3. The molecule has 0 unspecified atom stereocenters. The van der Waals surface area contributed by atoms with E-state index in [1.54, 1.807) is 0 Å². The Labute approximate surface area is 74.0 Å². The van der Waals surface area contributed by atoms with E-state index in [0.717, 1.165) is 0 Å². The molecule has 1 rings (SSSR count). The predicted octanol–water partition coefficient (Wildman–Crippen LogP) is 2.00. The van der Waals surface area contributed by atoms with Crippen LogP contribution in [-0.4, -0.2) is 10.0 Å². The number of non-ortho nitro benzene ring substituents is 1. The molecular weight excluding hydrogens is 174 g/mol. The van der Waals surface area contributed by atoms with Gasteiger partial charge in [-0.25, -0.2) is 0 Å². The molecule has 0 atom stereocenters. The number of nitro groups is 1. The van der Waals surface area contributed by atoms with Crippen molar-refractivity contribution in [3.05, 3.63) is 46.9 Å². The van der Waals surface area contributed by atoms with Gasteiger partial charge in [-0.2, -0.15) is 0 Å². The van der Waals surface area contributed by atoms with Gasteiger partial charge in [-0.15, -0.1) is 0 Å². The number of hydrogen-bond acceptors (Lipinski definition) is 4. The van der Waals surface area contributed by atoms with Crippen molar-refractivity contribution in [2.75, 3.05) is 0 Å². The largest absolute Gasteiger partial charge is 0.481 e. The van der Waals surface area contributed by atoms with Crippen LogP contribution in [0.3, 0.4) is 0 Å². The summed E-state index contributed by atoms with van der Waals surface area (Å²) in [6, 6.07) is 5.30. The van der Waals surface area contributed by atoms with Crippen molar-refractivity contribution in [3.63, 3.8) is 0 Å². The summed E-state index contributed by atoms with van der Waals surface area (Å²) in [5.74, 6) is -0.146. The maximum absolute atomic E-state index is 10.2. The Morgan fingerprint density at radius 3 is 2.38 bits per heavy atom. The minimum Gasteiger partial charge on any atom is -0.481 e. The molecule has 0 aliphatic heterocycles. The van der Waals surface area contributed by atoms with Crippen LogP contribution in [0.15, 0.2) is 36.8 Å². The van der Waals surface area contributed by atoms with Crippen LogP contribution in [0.1, 0.15) is 0 Å². The average Bonchev–Trinajstić information content (AvgIpc) is 2.04. The zero-order valence-corrected chi connectivity index (χ0v) is 6.64. The van der Waals surface area contributed by atoms with Crippen molar-refractivity contribution in [1.29, 1.82) is 0 Å². The molecule has 1 aromatic carbocycles. The number of nitro benzene ring substituents is 1. The molecule has 0 aliphatic rings. The number of aliphatic hydroxyl groups is 1. The third-order valence-electron chi connectivity index (χ3n) is 1.28. The minimum absolute atomic E-state index is 0.0316. The summed E-state index contributed by atoms with van der Waals surface area (Å²) in [5.41, 5.74) is -0.0316. The molecule has 0 aliphatic carbocycles. The molecule has 0 amide bonds. The molecule has 0 saturated heterocycles. The Hall–Kier alpha value is -2.04. The molecule has 0 spiro atoms. The Bertz CT molecular complexity index is 331. The molecule has 0 heterocycles. The average molecular weight is 181 g/mol. The van der Waals surface area contributed by atoms with Crippen molar-refractivity contribution < 1.29 is 14.8 Å². The van der Waals surface area contributed by atoms with Gasteiger partial charge < -0.3 is 9.84 Å². The standard InChI is InChI=1S/C8H7NO4/c1-6(10)13-8-4-2-7(3-5-8)9(11)12/h2-5,10H,1H2. The molecule has 0 saturated carbocycles. The fourth-order valence-electron chi connectivity index (χ4n) is 0.772. The zero-order chi connectivity index (χ0) is 9.84. The van der Waals surface area contributed by atoms with Gasteiger partial charge in [0, 0.05) is 12.1 Å². The molecule has 0 aromatic heterocycles. The molecule has 5 nitrogen and oxygen atoms in total. The highest BCUT2D eigenvalue weighted by atomic mass is 16.6. The number of aliphatic hydroxyl groups excluding tert-OH is 1. The summed E-state index contributed by atoms with van der Waals surface area (Å²) in [7, 11) is 0. The van der Waals surface area contributed by atoms with Gasteiger partial charge in [0.15, 0.2) is 0 Å². The summed E-state index contributed by atoms with van der Waals surface area (Å²) in [6.07, 6.45) is 0. The van der Waals surface area contributed by atoms with E-state index in [1.165, 1.54) is 24.3 Å². The molecule has 1 N–H and O–H groups in total. The van der Waals surface area contributed by atoms with Crippen LogP contribution < -0.4 is 4.74 Å². The molecule has 0 bridgehead atoms. The molecule has 5 heteroatoms. The van der Waals surface area contributed by atoms with Gasteiger partial charge in [-0.1, -0.05) is 0 Å². The smallest absolute Gasteiger partial charge is 0.274 e. The maximum Gasteiger partial charge on any atom is 0.274 e. The zero-order valence-electron chi connectivity index (χ0n) is 6.64. The molecule has 0 fully saturated rings. The van der Waals surface area contributed by atoms with Crippen LogP contribution in [-0.2, 0) is 0 Å². The van der Waals surface area contributed by atoms with Crippen LogP contribution in [0.25, 0.3) is 0 Å². The van der Waals surface area contributed by atoms with Gasteiger partial charge >= 0.3 is 0 Å². The van der Waals surface area contributed by atoms with E-state index in [4.69, 9.17) is 5.11 Å².